The number of hydrogen-bond acceptors (Lipinski definition) is 7. The lowest BCUT2D eigenvalue weighted by atomic mass is 10.2. The highest BCUT2D eigenvalue weighted by Crippen LogP contribution is 2.27. The second-order valence-electron chi connectivity index (χ2n) is 6.25. The van der Waals surface area contributed by atoms with Crippen molar-refractivity contribution in [1.82, 2.24) is 15.2 Å². The normalized spacial score (nSPS) is 16.1. The molecule has 1 aliphatic heterocycles. The summed E-state index contributed by atoms with van der Waals surface area (Å²) in [7, 11) is 1.65. The van der Waals surface area contributed by atoms with Gasteiger partial charge in [0, 0.05) is 30.6 Å². The number of nitrogens with one attached hydrogen (secondary N) is 2. The van der Waals surface area contributed by atoms with Gasteiger partial charge in [-0.3, -0.25) is 4.79 Å². The average molecular weight is 385 g/mol. The standard InChI is InChI=1S/C19H23N5O2S/c1-26-16-6-2-4-14(10-16)17-13-27-19(23-17)22-8-7-21-12-18(25)24-9-3-5-15(24)11-20/h2,4,6,10,13,15,21H,3,5,7-9,12H2,1H3,(H,22,23)/t15-/m0/s1. The predicted octanol–water partition coefficient (Wildman–Crippen LogP) is 2.33. The van der Waals surface area contributed by atoms with Gasteiger partial charge >= 0.3 is 0 Å². The van der Waals surface area contributed by atoms with E-state index >= 15 is 0 Å². The Morgan fingerprint density at radius 2 is 2.37 bits per heavy atom. The van der Waals surface area contributed by atoms with Crippen LogP contribution in [0.3, 0.4) is 0 Å². The lowest BCUT2D eigenvalue weighted by Crippen LogP contribution is -2.41. The molecular weight excluding hydrogens is 362 g/mol. The number of nitriles is 1. The fourth-order valence-electron chi connectivity index (χ4n) is 3.02. The van der Waals surface area contributed by atoms with Crippen LogP contribution in [0.25, 0.3) is 11.3 Å². The van der Waals surface area contributed by atoms with Gasteiger partial charge in [0.15, 0.2) is 5.13 Å². The number of carbonyl (C=O) groups is 1. The number of ether oxygens (including phenoxy) is 1. The van der Waals surface area contributed by atoms with E-state index in [9.17, 15) is 4.79 Å². The van der Waals surface area contributed by atoms with E-state index in [-0.39, 0.29) is 18.5 Å². The van der Waals surface area contributed by atoms with E-state index in [1.165, 1.54) is 0 Å². The van der Waals surface area contributed by atoms with Crippen LogP contribution in [0.5, 0.6) is 5.75 Å². The highest BCUT2D eigenvalue weighted by molar-refractivity contribution is 7.14. The molecule has 0 saturated carbocycles. The van der Waals surface area contributed by atoms with Gasteiger partial charge < -0.3 is 20.3 Å². The summed E-state index contributed by atoms with van der Waals surface area (Å²) in [5.74, 6) is 0.800. The Hall–Kier alpha value is -2.63. The highest BCUT2D eigenvalue weighted by atomic mass is 32.1. The fourth-order valence-corrected chi connectivity index (χ4v) is 3.77. The number of benzene rings is 1. The Morgan fingerprint density at radius 3 is 3.19 bits per heavy atom. The largest absolute Gasteiger partial charge is 0.497 e. The van der Waals surface area contributed by atoms with E-state index < -0.39 is 0 Å². The van der Waals surface area contributed by atoms with Gasteiger partial charge in [-0.05, 0) is 25.0 Å². The molecule has 1 aromatic heterocycles. The molecule has 27 heavy (non-hydrogen) atoms. The van der Waals surface area contributed by atoms with Gasteiger partial charge in [-0.15, -0.1) is 11.3 Å². The molecule has 0 bridgehead atoms. The first-order valence-electron chi connectivity index (χ1n) is 8.95. The molecule has 3 rings (SSSR count). The van der Waals surface area contributed by atoms with Gasteiger partial charge in [-0.2, -0.15) is 5.26 Å². The van der Waals surface area contributed by atoms with Gasteiger partial charge in [0.05, 0.1) is 25.4 Å². The summed E-state index contributed by atoms with van der Waals surface area (Å²) in [6, 6.07) is 9.74. The summed E-state index contributed by atoms with van der Waals surface area (Å²) >= 11 is 1.54. The Labute approximate surface area is 163 Å². The van der Waals surface area contributed by atoms with E-state index in [0.29, 0.717) is 19.6 Å². The van der Waals surface area contributed by atoms with Crippen LogP contribution in [0.1, 0.15) is 12.8 Å². The maximum atomic E-state index is 12.1. The first kappa shape index (κ1) is 19.1. The lowest BCUT2D eigenvalue weighted by Gasteiger charge is -2.19. The van der Waals surface area contributed by atoms with Crippen molar-refractivity contribution in [2.24, 2.45) is 0 Å². The third-order valence-electron chi connectivity index (χ3n) is 4.45. The van der Waals surface area contributed by atoms with E-state index in [4.69, 9.17) is 10.00 Å². The molecule has 2 N–H and O–H groups in total. The van der Waals surface area contributed by atoms with Crippen LogP contribution in [0.4, 0.5) is 5.13 Å². The van der Waals surface area contributed by atoms with Crippen molar-refractivity contribution in [2.45, 2.75) is 18.9 Å². The number of nitrogens with zero attached hydrogens (tertiary/aromatic N) is 3. The summed E-state index contributed by atoms with van der Waals surface area (Å²) < 4.78 is 5.25. The minimum absolute atomic E-state index is 0.00592. The van der Waals surface area contributed by atoms with Crippen LogP contribution in [0, 0.1) is 11.3 Å². The molecule has 8 heteroatoms. The summed E-state index contributed by atoms with van der Waals surface area (Å²) in [6.07, 6.45) is 1.69. The quantitative estimate of drug-likeness (QED) is 0.678. The number of likely N-dealkylation sites (tertiary alicyclic amines) is 1. The van der Waals surface area contributed by atoms with Gasteiger partial charge in [0.1, 0.15) is 11.8 Å². The van der Waals surface area contributed by atoms with Crippen molar-refractivity contribution < 1.29 is 9.53 Å². The zero-order valence-corrected chi connectivity index (χ0v) is 16.1. The van der Waals surface area contributed by atoms with E-state index in [1.807, 2.05) is 29.6 Å². The second-order valence-corrected chi connectivity index (χ2v) is 7.11. The molecular formula is C19H23N5O2S. The number of amides is 1. The number of methoxy groups -OCH3 is 1. The van der Waals surface area contributed by atoms with Crippen molar-refractivity contribution in [3.05, 3.63) is 29.6 Å². The number of rotatable bonds is 8. The molecule has 2 heterocycles. The van der Waals surface area contributed by atoms with Crippen LogP contribution in [0.15, 0.2) is 29.6 Å². The first-order valence-corrected chi connectivity index (χ1v) is 9.83. The lowest BCUT2D eigenvalue weighted by molar-refractivity contribution is -0.130. The molecule has 1 fully saturated rings. The zero-order chi connectivity index (χ0) is 19.1. The fraction of sp³-hybridized carbons (Fsp3) is 0.421. The Kier molecular flexibility index (Phi) is 6.63. The van der Waals surface area contributed by atoms with Gasteiger partial charge in [0.25, 0.3) is 0 Å². The zero-order valence-electron chi connectivity index (χ0n) is 15.3. The number of thiazole rings is 1. The monoisotopic (exact) mass is 385 g/mol. The van der Waals surface area contributed by atoms with Crippen LogP contribution >= 0.6 is 11.3 Å². The topological polar surface area (TPSA) is 90.3 Å². The van der Waals surface area contributed by atoms with E-state index in [2.05, 4.69) is 21.7 Å². The predicted molar refractivity (Wildman–Crippen MR) is 106 cm³/mol. The molecule has 0 radical (unpaired) electrons. The number of anilines is 1. The molecule has 0 aliphatic carbocycles. The van der Waals surface area contributed by atoms with Crippen LogP contribution < -0.4 is 15.4 Å². The van der Waals surface area contributed by atoms with Crippen molar-refractivity contribution in [3.8, 4) is 23.1 Å². The molecule has 2 aromatic rings. The van der Waals surface area contributed by atoms with Crippen molar-refractivity contribution in [2.75, 3.05) is 38.6 Å². The van der Waals surface area contributed by atoms with E-state index in [0.717, 1.165) is 35.0 Å². The third-order valence-corrected chi connectivity index (χ3v) is 5.25. The van der Waals surface area contributed by atoms with Gasteiger partial charge in [-0.1, -0.05) is 12.1 Å². The Morgan fingerprint density at radius 1 is 1.48 bits per heavy atom. The molecule has 1 amide bonds. The van der Waals surface area contributed by atoms with Crippen LogP contribution in [-0.4, -0.2) is 55.1 Å². The number of aromatic nitrogens is 1. The molecule has 1 aliphatic rings. The number of hydrogen-bond donors (Lipinski definition) is 2. The summed E-state index contributed by atoms with van der Waals surface area (Å²) in [4.78, 5) is 18.4. The average Bonchev–Trinajstić information content (AvgIpc) is 3.37. The van der Waals surface area contributed by atoms with Crippen LogP contribution in [-0.2, 0) is 4.79 Å². The summed E-state index contributed by atoms with van der Waals surface area (Å²) in [6.45, 7) is 2.25. The van der Waals surface area contributed by atoms with Crippen molar-refractivity contribution in [1.29, 1.82) is 5.26 Å². The van der Waals surface area contributed by atoms with Gasteiger partial charge in [-0.25, -0.2) is 4.98 Å². The molecule has 0 unspecified atom stereocenters. The van der Waals surface area contributed by atoms with Gasteiger partial charge in [0.2, 0.25) is 5.91 Å². The molecule has 142 valence electrons. The van der Waals surface area contributed by atoms with Crippen LogP contribution in [0.2, 0.25) is 0 Å². The Bertz CT molecular complexity index is 816. The van der Waals surface area contributed by atoms with Crippen molar-refractivity contribution in [3.63, 3.8) is 0 Å². The number of carbonyl (C=O) groups excluding carboxylic acids is 1. The molecule has 0 spiro atoms. The summed E-state index contributed by atoms with van der Waals surface area (Å²) in [5, 5.41) is 18.3. The minimum atomic E-state index is -0.261. The third kappa shape index (κ3) is 4.96. The maximum Gasteiger partial charge on any atom is 0.237 e. The highest BCUT2D eigenvalue weighted by Gasteiger charge is 2.27. The van der Waals surface area contributed by atoms with E-state index in [1.54, 1.807) is 23.3 Å². The molecule has 1 saturated heterocycles. The molecule has 1 atom stereocenters. The first-order chi connectivity index (χ1) is 13.2. The van der Waals surface area contributed by atoms with Crippen molar-refractivity contribution >= 4 is 22.4 Å². The Balaban J connectivity index is 1.40. The second kappa shape index (κ2) is 9.35. The molecule has 1 aromatic carbocycles. The smallest absolute Gasteiger partial charge is 0.237 e. The maximum absolute atomic E-state index is 12.1. The summed E-state index contributed by atoms with van der Waals surface area (Å²) in [5.41, 5.74) is 1.92. The minimum Gasteiger partial charge on any atom is -0.497 e. The molecule has 7 nitrogen and oxygen atoms in total. The SMILES string of the molecule is COc1cccc(-c2csc(NCCNCC(=O)N3CCC[C@H]3C#N)n2)c1.